The molecule has 3 rings (SSSR count). The van der Waals surface area contributed by atoms with Gasteiger partial charge < -0.3 is 9.30 Å². The Morgan fingerprint density at radius 1 is 1.22 bits per heavy atom. The van der Waals surface area contributed by atoms with Gasteiger partial charge in [0.25, 0.3) is 0 Å². The quantitative estimate of drug-likeness (QED) is 0.690. The van der Waals surface area contributed by atoms with Crippen LogP contribution in [-0.4, -0.2) is 21.6 Å². The van der Waals surface area contributed by atoms with E-state index < -0.39 is 0 Å². The van der Waals surface area contributed by atoms with Gasteiger partial charge in [-0.2, -0.15) is 0 Å². The van der Waals surface area contributed by atoms with Crippen molar-refractivity contribution >= 4 is 10.9 Å². The Kier molecular flexibility index (Phi) is 2.48. The number of hydrogen-bond donors (Lipinski definition) is 0. The second-order valence-electron chi connectivity index (χ2n) is 4.11. The molecule has 3 aromatic rings. The standard InChI is InChI=1S/C14H13N3O/c1-10-9-17(11-4-3-6-15-8-11)12-5-7-16-14(18-2)13(10)12/h3-9H,1-2H3. The van der Waals surface area contributed by atoms with Gasteiger partial charge in [0, 0.05) is 18.6 Å². The van der Waals surface area contributed by atoms with Gasteiger partial charge in [-0.25, -0.2) is 4.98 Å². The van der Waals surface area contributed by atoms with Gasteiger partial charge in [-0.05, 0) is 30.7 Å². The van der Waals surface area contributed by atoms with Crippen LogP contribution in [0, 0.1) is 6.92 Å². The van der Waals surface area contributed by atoms with E-state index in [4.69, 9.17) is 4.74 Å². The van der Waals surface area contributed by atoms with Crippen molar-refractivity contribution in [1.82, 2.24) is 14.5 Å². The zero-order chi connectivity index (χ0) is 12.5. The summed E-state index contributed by atoms with van der Waals surface area (Å²) in [4.78, 5) is 8.39. The Balaban J connectivity index is 2.33. The number of aryl methyl sites for hydroxylation is 1. The molecule has 0 fully saturated rings. The normalized spacial score (nSPS) is 10.8. The Labute approximate surface area is 105 Å². The van der Waals surface area contributed by atoms with Crippen LogP contribution in [0.2, 0.25) is 0 Å². The van der Waals surface area contributed by atoms with Crippen molar-refractivity contribution < 1.29 is 4.74 Å². The van der Waals surface area contributed by atoms with Gasteiger partial charge in [-0.3, -0.25) is 4.98 Å². The third-order valence-electron chi connectivity index (χ3n) is 2.99. The van der Waals surface area contributed by atoms with Crippen molar-refractivity contribution in [3.05, 3.63) is 48.5 Å². The van der Waals surface area contributed by atoms with Crippen molar-refractivity contribution in [2.45, 2.75) is 6.92 Å². The molecule has 0 saturated carbocycles. The predicted octanol–water partition coefficient (Wildman–Crippen LogP) is 2.74. The van der Waals surface area contributed by atoms with Crippen molar-refractivity contribution in [2.75, 3.05) is 7.11 Å². The molecule has 0 aliphatic heterocycles. The minimum Gasteiger partial charge on any atom is -0.480 e. The molecule has 4 nitrogen and oxygen atoms in total. The molecule has 0 spiro atoms. The Hall–Kier alpha value is -2.36. The fraction of sp³-hybridized carbons (Fsp3) is 0.143. The zero-order valence-electron chi connectivity index (χ0n) is 10.3. The highest BCUT2D eigenvalue weighted by atomic mass is 16.5. The van der Waals surface area contributed by atoms with Crippen molar-refractivity contribution in [1.29, 1.82) is 0 Å². The minimum absolute atomic E-state index is 0.660. The first-order valence-corrected chi connectivity index (χ1v) is 5.72. The Morgan fingerprint density at radius 2 is 2.11 bits per heavy atom. The third kappa shape index (κ3) is 1.54. The highest BCUT2D eigenvalue weighted by molar-refractivity contribution is 5.89. The fourth-order valence-electron chi connectivity index (χ4n) is 2.20. The summed E-state index contributed by atoms with van der Waals surface area (Å²) in [6.45, 7) is 2.05. The summed E-state index contributed by atoms with van der Waals surface area (Å²) >= 11 is 0. The molecule has 0 unspecified atom stereocenters. The van der Waals surface area contributed by atoms with Gasteiger partial charge in [0.15, 0.2) is 0 Å². The summed E-state index contributed by atoms with van der Waals surface area (Å²) in [6.07, 6.45) is 7.44. The lowest BCUT2D eigenvalue weighted by Crippen LogP contribution is -1.93. The molecule has 0 atom stereocenters. The molecule has 4 heteroatoms. The summed E-state index contributed by atoms with van der Waals surface area (Å²) in [5.41, 5.74) is 3.25. The summed E-state index contributed by atoms with van der Waals surface area (Å²) in [6, 6.07) is 5.94. The van der Waals surface area contributed by atoms with Crippen molar-refractivity contribution in [3.63, 3.8) is 0 Å². The molecule has 0 aliphatic rings. The molecule has 0 aromatic carbocycles. The van der Waals surface area contributed by atoms with Gasteiger partial charge in [-0.15, -0.1) is 0 Å². The molecule has 90 valence electrons. The molecule has 0 bridgehead atoms. The van der Waals surface area contributed by atoms with Gasteiger partial charge in [0.1, 0.15) is 0 Å². The molecule has 0 saturated heterocycles. The van der Waals surface area contributed by atoms with E-state index in [1.54, 1.807) is 19.5 Å². The number of methoxy groups -OCH3 is 1. The average Bonchev–Trinajstić information content (AvgIpc) is 2.77. The third-order valence-corrected chi connectivity index (χ3v) is 2.99. The monoisotopic (exact) mass is 239 g/mol. The molecule has 18 heavy (non-hydrogen) atoms. The van der Waals surface area contributed by atoms with Crippen LogP contribution in [0.5, 0.6) is 5.88 Å². The Bertz CT molecular complexity index is 689. The van der Waals surface area contributed by atoms with Crippen LogP contribution in [0.15, 0.2) is 43.0 Å². The highest BCUT2D eigenvalue weighted by Gasteiger charge is 2.12. The summed E-state index contributed by atoms with van der Waals surface area (Å²) in [7, 11) is 1.64. The molecular formula is C14H13N3O. The van der Waals surface area contributed by atoms with Gasteiger partial charge in [0.2, 0.25) is 5.88 Å². The second kappa shape index (κ2) is 4.14. The summed E-state index contributed by atoms with van der Waals surface area (Å²) < 4.78 is 7.42. The second-order valence-corrected chi connectivity index (χ2v) is 4.11. The maximum atomic E-state index is 5.32. The smallest absolute Gasteiger partial charge is 0.222 e. The first-order chi connectivity index (χ1) is 8.81. The van der Waals surface area contributed by atoms with Gasteiger partial charge in [-0.1, -0.05) is 0 Å². The number of pyridine rings is 2. The summed E-state index contributed by atoms with van der Waals surface area (Å²) in [5, 5.41) is 1.05. The van der Waals surface area contributed by atoms with Gasteiger partial charge in [0.05, 0.1) is 29.9 Å². The number of fused-ring (bicyclic) bond motifs is 1. The van der Waals surface area contributed by atoms with Crippen LogP contribution >= 0.6 is 0 Å². The maximum Gasteiger partial charge on any atom is 0.222 e. The zero-order valence-corrected chi connectivity index (χ0v) is 10.3. The average molecular weight is 239 g/mol. The fourth-order valence-corrected chi connectivity index (χ4v) is 2.20. The van der Waals surface area contributed by atoms with Gasteiger partial charge >= 0.3 is 0 Å². The van der Waals surface area contributed by atoms with Crippen LogP contribution in [0.4, 0.5) is 0 Å². The lowest BCUT2D eigenvalue weighted by molar-refractivity contribution is 0.403. The lowest BCUT2D eigenvalue weighted by atomic mass is 10.2. The lowest BCUT2D eigenvalue weighted by Gasteiger charge is -2.05. The summed E-state index contributed by atoms with van der Waals surface area (Å²) in [5.74, 6) is 0.660. The Morgan fingerprint density at radius 3 is 2.83 bits per heavy atom. The molecule has 3 heterocycles. The van der Waals surface area contributed by atoms with E-state index in [1.807, 2.05) is 24.4 Å². The van der Waals surface area contributed by atoms with E-state index >= 15 is 0 Å². The van der Waals surface area contributed by atoms with E-state index in [0.29, 0.717) is 5.88 Å². The van der Waals surface area contributed by atoms with Crippen LogP contribution in [0.1, 0.15) is 5.56 Å². The molecule has 0 aliphatic carbocycles. The first-order valence-electron chi connectivity index (χ1n) is 5.72. The van der Waals surface area contributed by atoms with Crippen LogP contribution in [0.25, 0.3) is 16.6 Å². The van der Waals surface area contributed by atoms with E-state index in [9.17, 15) is 0 Å². The van der Waals surface area contributed by atoms with Crippen molar-refractivity contribution in [2.24, 2.45) is 0 Å². The van der Waals surface area contributed by atoms with E-state index in [2.05, 4.69) is 27.7 Å². The SMILES string of the molecule is COc1nccc2c1c(C)cn2-c1cccnc1. The molecule has 3 aromatic heterocycles. The number of nitrogens with zero attached hydrogens (tertiary/aromatic N) is 3. The van der Waals surface area contributed by atoms with E-state index in [-0.39, 0.29) is 0 Å². The van der Waals surface area contributed by atoms with E-state index in [1.165, 1.54) is 0 Å². The number of ether oxygens (including phenoxy) is 1. The topological polar surface area (TPSA) is 39.9 Å². The first kappa shape index (κ1) is 10.8. The number of hydrogen-bond acceptors (Lipinski definition) is 3. The largest absolute Gasteiger partial charge is 0.480 e. The number of rotatable bonds is 2. The van der Waals surface area contributed by atoms with Crippen LogP contribution in [0.3, 0.4) is 0 Å². The molecule has 0 N–H and O–H groups in total. The highest BCUT2D eigenvalue weighted by Crippen LogP contribution is 2.29. The van der Waals surface area contributed by atoms with Crippen LogP contribution in [-0.2, 0) is 0 Å². The van der Waals surface area contributed by atoms with E-state index in [0.717, 1.165) is 22.2 Å². The van der Waals surface area contributed by atoms with Crippen molar-refractivity contribution in [3.8, 4) is 11.6 Å². The van der Waals surface area contributed by atoms with Crippen LogP contribution < -0.4 is 4.74 Å². The predicted molar refractivity (Wildman–Crippen MR) is 70.2 cm³/mol. The minimum atomic E-state index is 0.660. The molecule has 0 radical (unpaired) electrons. The molecular weight excluding hydrogens is 226 g/mol. The number of aromatic nitrogens is 3. The maximum absolute atomic E-state index is 5.32. The molecule has 0 amide bonds.